The molecule has 0 radical (unpaired) electrons. The fourth-order valence-electron chi connectivity index (χ4n) is 5.33. The van der Waals surface area contributed by atoms with Crippen LogP contribution in [0.4, 0.5) is 15.8 Å². The smallest absolute Gasteiger partial charge is 0.234 e. The average Bonchev–Trinajstić information content (AvgIpc) is 3.13. The lowest BCUT2D eigenvalue weighted by atomic mass is 9.75. The summed E-state index contributed by atoms with van der Waals surface area (Å²) in [5.74, 6) is -0.844. The molecule has 0 aliphatic carbocycles. The number of amides is 1. The third-order valence-electron chi connectivity index (χ3n) is 7.38. The quantitative estimate of drug-likeness (QED) is 0.515. The molecule has 0 saturated carbocycles. The maximum absolute atomic E-state index is 14.3. The monoisotopic (exact) mass is 511 g/mol. The van der Waals surface area contributed by atoms with Gasteiger partial charge in [-0.1, -0.05) is 41.9 Å². The van der Waals surface area contributed by atoms with E-state index in [-0.39, 0.29) is 22.8 Å². The first-order valence-electron chi connectivity index (χ1n) is 11.5. The second-order valence-corrected chi connectivity index (χ2v) is 11.3. The lowest BCUT2D eigenvalue weighted by molar-refractivity contribution is -0.126. The third-order valence-corrected chi connectivity index (χ3v) is 8.45. The summed E-state index contributed by atoms with van der Waals surface area (Å²) in [4.78, 5) is 17.6. The van der Waals surface area contributed by atoms with E-state index in [1.807, 2.05) is 43.3 Å². The molecule has 2 N–H and O–H groups in total. The van der Waals surface area contributed by atoms with Crippen LogP contribution in [0, 0.1) is 11.7 Å². The number of carbonyl (C=O) groups is 1. The van der Waals surface area contributed by atoms with E-state index in [1.54, 1.807) is 4.90 Å². The first-order chi connectivity index (χ1) is 16.6. The zero-order valence-electron chi connectivity index (χ0n) is 19.8. The van der Waals surface area contributed by atoms with Gasteiger partial charge in [-0.05, 0) is 68.7 Å². The minimum Gasteiger partial charge on any atom is -0.365 e. The lowest BCUT2D eigenvalue weighted by Crippen LogP contribution is -2.69. The van der Waals surface area contributed by atoms with Crippen molar-refractivity contribution in [3.63, 3.8) is 0 Å². The van der Waals surface area contributed by atoms with Crippen LogP contribution in [0.3, 0.4) is 0 Å². The zero-order chi connectivity index (χ0) is 25.1. The molecule has 8 heteroatoms. The molecular formula is C27H27ClFN3O2S. The van der Waals surface area contributed by atoms with Crippen LogP contribution in [0.15, 0.2) is 65.6 Å². The Morgan fingerprint density at radius 1 is 1.14 bits per heavy atom. The second-order valence-electron chi connectivity index (χ2n) is 9.81. The lowest BCUT2D eigenvalue weighted by Gasteiger charge is -2.56. The van der Waals surface area contributed by atoms with E-state index in [0.29, 0.717) is 23.7 Å². The fourth-order valence-corrected chi connectivity index (χ4v) is 6.05. The number of halogens is 2. The summed E-state index contributed by atoms with van der Waals surface area (Å²) < 4.78 is 26.1. The highest BCUT2D eigenvalue weighted by Crippen LogP contribution is 2.44. The zero-order valence-corrected chi connectivity index (χ0v) is 21.4. The van der Waals surface area contributed by atoms with Crippen LogP contribution in [-0.2, 0) is 22.2 Å². The Labute approximate surface area is 212 Å². The minimum absolute atomic E-state index is 0.00875. The van der Waals surface area contributed by atoms with Crippen LogP contribution in [-0.4, -0.2) is 28.2 Å². The number of rotatable bonds is 4. The molecule has 1 amide bonds. The molecule has 5 rings (SSSR count). The van der Waals surface area contributed by atoms with E-state index in [9.17, 15) is 13.4 Å². The number of hydrogen-bond donors (Lipinski definition) is 1. The molecule has 3 aromatic rings. The number of carbonyl (C=O) groups excluding carboxylic acids is 1. The summed E-state index contributed by atoms with van der Waals surface area (Å²) in [6, 6.07) is 18.7. The van der Waals surface area contributed by atoms with E-state index in [2.05, 4.69) is 30.9 Å². The molecule has 1 saturated heterocycles. The number of benzene rings is 3. The van der Waals surface area contributed by atoms with Crippen molar-refractivity contribution in [3.05, 3.63) is 77.1 Å². The molecule has 1 fully saturated rings. The van der Waals surface area contributed by atoms with Crippen LogP contribution in [0.25, 0.3) is 11.1 Å². The normalized spacial score (nSPS) is 21.4. The van der Waals surface area contributed by atoms with Crippen molar-refractivity contribution in [2.24, 2.45) is 11.1 Å². The fraction of sp³-hybridized carbons (Fsp3) is 0.296. The highest BCUT2D eigenvalue weighted by Gasteiger charge is 2.53. The maximum Gasteiger partial charge on any atom is 0.234 e. The van der Waals surface area contributed by atoms with E-state index < -0.39 is 22.3 Å². The SMILES string of the molecule is CC1Cc2cc(F)c(S(N)=O)cc2N1C(=O)C1CN(c2ccc(-c3ccccc3Cl)cc2)C1(C)C. The molecule has 2 aliphatic heterocycles. The molecule has 3 aromatic carbocycles. The van der Waals surface area contributed by atoms with Crippen LogP contribution in [0.5, 0.6) is 0 Å². The summed E-state index contributed by atoms with van der Waals surface area (Å²) in [6.45, 7) is 6.65. The third kappa shape index (κ3) is 3.96. The van der Waals surface area contributed by atoms with Gasteiger partial charge in [-0.15, -0.1) is 0 Å². The van der Waals surface area contributed by atoms with Gasteiger partial charge in [0.25, 0.3) is 0 Å². The summed E-state index contributed by atoms with van der Waals surface area (Å²) in [5, 5.41) is 6.16. The van der Waals surface area contributed by atoms with Gasteiger partial charge in [0.05, 0.1) is 10.8 Å². The largest absolute Gasteiger partial charge is 0.365 e. The number of nitrogens with two attached hydrogens (primary N) is 1. The molecule has 35 heavy (non-hydrogen) atoms. The van der Waals surface area contributed by atoms with Gasteiger partial charge in [0.1, 0.15) is 16.8 Å². The van der Waals surface area contributed by atoms with Gasteiger partial charge in [-0.3, -0.25) is 4.79 Å². The van der Waals surface area contributed by atoms with Crippen LogP contribution >= 0.6 is 11.6 Å². The standard InChI is InChI=1S/C27H27ClFN3O2S/c1-16-12-18-13-23(29)25(35(30)34)14-24(18)32(16)26(33)21-15-31(27(21,2)3)19-10-8-17(9-11-19)20-6-4-5-7-22(20)28/h4-11,13-14,16,21H,12,15,30H2,1-3H3. The molecule has 2 heterocycles. The van der Waals surface area contributed by atoms with Crippen LogP contribution in [0.2, 0.25) is 5.02 Å². The summed E-state index contributed by atoms with van der Waals surface area (Å²) in [6.07, 6.45) is 0.551. The highest BCUT2D eigenvalue weighted by molar-refractivity contribution is 7.82. The van der Waals surface area contributed by atoms with E-state index in [1.165, 1.54) is 12.1 Å². The second kappa shape index (κ2) is 8.73. The van der Waals surface area contributed by atoms with E-state index >= 15 is 0 Å². The van der Waals surface area contributed by atoms with Crippen molar-refractivity contribution in [2.75, 3.05) is 16.3 Å². The molecule has 0 spiro atoms. The topological polar surface area (TPSA) is 66.6 Å². The van der Waals surface area contributed by atoms with E-state index in [0.717, 1.165) is 22.4 Å². The van der Waals surface area contributed by atoms with E-state index in [4.69, 9.17) is 16.7 Å². The highest BCUT2D eigenvalue weighted by atomic mass is 35.5. The van der Waals surface area contributed by atoms with Crippen molar-refractivity contribution in [2.45, 2.75) is 43.7 Å². The molecule has 3 atom stereocenters. The first-order valence-corrected chi connectivity index (χ1v) is 13.1. The molecule has 0 bridgehead atoms. The summed E-state index contributed by atoms with van der Waals surface area (Å²) in [7, 11) is -1.96. The number of anilines is 2. The average molecular weight is 512 g/mol. The molecule has 182 valence electrons. The Kier molecular flexibility index (Phi) is 5.98. The van der Waals surface area contributed by atoms with Crippen LogP contribution < -0.4 is 14.9 Å². The van der Waals surface area contributed by atoms with Crippen molar-refractivity contribution in [1.29, 1.82) is 0 Å². The Balaban J connectivity index is 1.38. The molecule has 5 nitrogen and oxygen atoms in total. The van der Waals surface area contributed by atoms with Gasteiger partial charge in [0.15, 0.2) is 0 Å². The Hall–Kier alpha value is -2.74. The van der Waals surface area contributed by atoms with Crippen molar-refractivity contribution < 1.29 is 13.4 Å². The Bertz CT molecular complexity index is 1340. The van der Waals surface area contributed by atoms with Gasteiger partial charge in [0, 0.05) is 40.1 Å². The Morgan fingerprint density at radius 2 is 1.83 bits per heavy atom. The number of fused-ring (bicyclic) bond motifs is 1. The maximum atomic E-state index is 14.3. The molecule has 0 aromatic heterocycles. The van der Waals surface area contributed by atoms with Gasteiger partial charge < -0.3 is 9.80 Å². The van der Waals surface area contributed by atoms with Gasteiger partial charge >= 0.3 is 0 Å². The Morgan fingerprint density at radius 3 is 2.46 bits per heavy atom. The molecule has 2 aliphatic rings. The first kappa shape index (κ1) is 24.0. The summed E-state index contributed by atoms with van der Waals surface area (Å²) >= 11 is 6.35. The van der Waals surface area contributed by atoms with Gasteiger partial charge in [-0.25, -0.2) is 13.7 Å². The van der Waals surface area contributed by atoms with Crippen molar-refractivity contribution in [3.8, 4) is 11.1 Å². The minimum atomic E-state index is -1.96. The predicted octanol–water partition coefficient (Wildman–Crippen LogP) is 5.32. The summed E-state index contributed by atoms with van der Waals surface area (Å²) in [5.41, 5.74) is 3.98. The number of nitrogens with zero attached hydrogens (tertiary/aromatic N) is 2. The van der Waals surface area contributed by atoms with Gasteiger partial charge in [0.2, 0.25) is 5.91 Å². The van der Waals surface area contributed by atoms with Crippen molar-refractivity contribution >= 4 is 39.9 Å². The van der Waals surface area contributed by atoms with Crippen LogP contribution in [0.1, 0.15) is 26.3 Å². The van der Waals surface area contributed by atoms with Gasteiger partial charge in [-0.2, -0.15) is 0 Å². The number of hydrogen-bond acceptors (Lipinski definition) is 3. The van der Waals surface area contributed by atoms with Crippen molar-refractivity contribution in [1.82, 2.24) is 0 Å². The molecule has 3 unspecified atom stereocenters. The predicted molar refractivity (Wildman–Crippen MR) is 139 cm³/mol. The molecular weight excluding hydrogens is 485 g/mol.